The molecule has 0 aliphatic carbocycles. The third kappa shape index (κ3) is 3.79. The topological polar surface area (TPSA) is 54.0 Å². The van der Waals surface area contributed by atoms with Crippen LogP contribution in [0, 0.1) is 11.3 Å². The van der Waals surface area contributed by atoms with Crippen LogP contribution in [0.15, 0.2) is 6.20 Å². The van der Waals surface area contributed by atoms with Crippen molar-refractivity contribution in [1.29, 1.82) is 0 Å². The van der Waals surface area contributed by atoms with Gasteiger partial charge in [-0.25, -0.2) is 4.98 Å². The highest BCUT2D eigenvalue weighted by atomic mass is 32.1. The van der Waals surface area contributed by atoms with Gasteiger partial charge in [-0.1, -0.05) is 27.7 Å². The highest BCUT2D eigenvalue weighted by Crippen LogP contribution is 2.32. The Morgan fingerprint density at radius 3 is 2.70 bits per heavy atom. The maximum absolute atomic E-state index is 12.2. The van der Waals surface area contributed by atoms with Crippen molar-refractivity contribution in [3.63, 3.8) is 0 Å². The van der Waals surface area contributed by atoms with E-state index in [1.54, 1.807) is 11.3 Å². The van der Waals surface area contributed by atoms with Crippen molar-refractivity contribution in [3.05, 3.63) is 11.1 Å². The molecule has 0 aromatic carbocycles. The summed E-state index contributed by atoms with van der Waals surface area (Å²) in [6.45, 7) is 10.4. The zero-order chi connectivity index (χ0) is 14.8. The normalized spacial score (nSPS) is 18.8. The predicted molar refractivity (Wildman–Crippen MR) is 84.2 cm³/mol. The minimum absolute atomic E-state index is 0.0286. The van der Waals surface area contributed by atoms with Gasteiger partial charge in [0.2, 0.25) is 5.91 Å². The van der Waals surface area contributed by atoms with Crippen molar-refractivity contribution in [2.45, 2.75) is 46.5 Å². The van der Waals surface area contributed by atoms with Crippen LogP contribution in [-0.2, 0) is 4.79 Å². The molecule has 0 spiro atoms. The van der Waals surface area contributed by atoms with Crippen LogP contribution >= 0.6 is 11.3 Å². The van der Waals surface area contributed by atoms with Crippen LogP contribution in [0.5, 0.6) is 0 Å². The third-order valence-electron chi connectivity index (χ3n) is 4.19. The minimum Gasteiger partial charge on any atom is -0.317 e. The Balaban J connectivity index is 1.97. The van der Waals surface area contributed by atoms with Gasteiger partial charge in [-0.05, 0) is 37.3 Å². The molecular weight excluding hydrogens is 270 g/mol. The molecule has 5 heteroatoms. The molecule has 1 saturated heterocycles. The average Bonchev–Trinajstić information content (AvgIpc) is 2.86. The summed E-state index contributed by atoms with van der Waals surface area (Å²) in [7, 11) is 0. The fraction of sp³-hybridized carbons (Fsp3) is 0.733. The van der Waals surface area contributed by atoms with Crippen LogP contribution in [-0.4, -0.2) is 24.0 Å². The first kappa shape index (κ1) is 15.4. The number of thiazole rings is 1. The number of hydrogen-bond acceptors (Lipinski definition) is 4. The van der Waals surface area contributed by atoms with E-state index >= 15 is 0 Å². The largest absolute Gasteiger partial charge is 0.317 e. The Kier molecular flexibility index (Phi) is 4.81. The van der Waals surface area contributed by atoms with Gasteiger partial charge in [-0.15, -0.1) is 11.3 Å². The van der Waals surface area contributed by atoms with Gasteiger partial charge in [-0.2, -0.15) is 0 Å². The lowest BCUT2D eigenvalue weighted by molar-refractivity contribution is -0.122. The molecule has 112 valence electrons. The van der Waals surface area contributed by atoms with E-state index in [0.717, 1.165) is 31.1 Å². The number of nitrogens with one attached hydrogen (secondary N) is 2. The fourth-order valence-corrected chi connectivity index (χ4v) is 3.23. The number of carbonyl (C=O) groups excluding carboxylic acids is 1. The molecule has 1 aromatic heterocycles. The molecule has 2 rings (SSSR count). The number of anilines is 1. The molecule has 1 aromatic rings. The Morgan fingerprint density at radius 1 is 1.45 bits per heavy atom. The van der Waals surface area contributed by atoms with Gasteiger partial charge in [-0.3, -0.25) is 4.79 Å². The van der Waals surface area contributed by atoms with Crippen LogP contribution in [0.2, 0.25) is 0 Å². The van der Waals surface area contributed by atoms with E-state index in [4.69, 9.17) is 0 Å². The Morgan fingerprint density at radius 2 is 2.10 bits per heavy atom. The number of aromatic nitrogens is 1. The molecule has 1 amide bonds. The van der Waals surface area contributed by atoms with E-state index in [1.807, 2.05) is 13.1 Å². The van der Waals surface area contributed by atoms with Gasteiger partial charge in [0.1, 0.15) is 0 Å². The summed E-state index contributed by atoms with van der Waals surface area (Å²) in [6.07, 6.45) is 4.25. The number of piperidine rings is 1. The van der Waals surface area contributed by atoms with E-state index in [0.29, 0.717) is 5.92 Å². The summed E-state index contributed by atoms with van der Waals surface area (Å²) in [5.74, 6) is 0.622. The molecule has 1 fully saturated rings. The SMILES string of the molecule is CC(C(=O)Nc1ncc(C2CCNCC2)s1)C(C)(C)C. The lowest BCUT2D eigenvalue weighted by atomic mass is 9.81. The summed E-state index contributed by atoms with van der Waals surface area (Å²) in [5, 5.41) is 7.07. The first-order chi connectivity index (χ1) is 9.38. The maximum Gasteiger partial charge on any atom is 0.229 e. The average molecular weight is 295 g/mol. The summed E-state index contributed by atoms with van der Waals surface area (Å²) >= 11 is 1.62. The van der Waals surface area contributed by atoms with Gasteiger partial charge in [0.25, 0.3) is 0 Å². The van der Waals surface area contributed by atoms with E-state index in [2.05, 4.69) is 36.4 Å². The van der Waals surface area contributed by atoms with E-state index in [9.17, 15) is 4.79 Å². The zero-order valence-electron chi connectivity index (χ0n) is 12.8. The first-order valence-corrected chi connectivity index (χ1v) is 8.17. The standard InChI is InChI=1S/C15H25N3OS/c1-10(15(2,3)4)13(19)18-14-17-9-12(20-14)11-5-7-16-8-6-11/h9-11,16H,5-8H2,1-4H3,(H,17,18,19). The quantitative estimate of drug-likeness (QED) is 0.900. The number of nitrogens with zero attached hydrogens (tertiary/aromatic N) is 1. The lowest BCUT2D eigenvalue weighted by Gasteiger charge is -2.25. The highest BCUT2D eigenvalue weighted by molar-refractivity contribution is 7.15. The fourth-order valence-electron chi connectivity index (χ4n) is 2.25. The molecule has 0 saturated carbocycles. The lowest BCUT2D eigenvalue weighted by Crippen LogP contribution is -2.30. The second kappa shape index (κ2) is 6.22. The zero-order valence-corrected chi connectivity index (χ0v) is 13.6. The van der Waals surface area contributed by atoms with Crippen molar-refractivity contribution in [1.82, 2.24) is 10.3 Å². The van der Waals surface area contributed by atoms with Crippen LogP contribution in [0.4, 0.5) is 5.13 Å². The summed E-state index contributed by atoms with van der Waals surface area (Å²) < 4.78 is 0. The summed E-state index contributed by atoms with van der Waals surface area (Å²) in [4.78, 5) is 17.8. The maximum atomic E-state index is 12.2. The molecule has 4 nitrogen and oxygen atoms in total. The molecule has 1 unspecified atom stereocenters. The van der Waals surface area contributed by atoms with Crippen molar-refractivity contribution >= 4 is 22.4 Å². The van der Waals surface area contributed by atoms with E-state index < -0.39 is 0 Å². The number of hydrogen-bond donors (Lipinski definition) is 2. The van der Waals surface area contributed by atoms with Crippen LogP contribution in [0.25, 0.3) is 0 Å². The Hall–Kier alpha value is -0.940. The van der Waals surface area contributed by atoms with Gasteiger partial charge >= 0.3 is 0 Å². The number of carbonyl (C=O) groups is 1. The third-order valence-corrected chi connectivity index (χ3v) is 5.26. The number of amides is 1. The van der Waals surface area contributed by atoms with E-state index in [1.165, 1.54) is 4.88 Å². The molecule has 1 aliphatic heterocycles. The molecule has 1 atom stereocenters. The van der Waals surface area contributed by atoms with Crippen molar-refractivity contribution in [2.24, 2.45) is 11.3 Å². The van der Waals surface area contributed by atoms with Gasteiger partial charge in [0.05, 0.1) is 0 Å². The van der Waals surface area contributed by atoms with Crippen LogP contribution < -0.4 is 10.6 Å². The van der Waals surface area contributed by atoms with E-state index in [-0.39, 0.29) is 17.2 Å². The molecule has 2 N–H and O–H groups in total. The first-order valence-electron chi connectivity index (χ1n) is 7.35. The molecule has 20 heavy (non-hydrogen) atoms. The summed E-state index contributed by atoms with van der Waals surface area (Å²) in [5.41, 5.74) is -0.0286. The Bertz CT molecular complexity index is 458. The van der Waals surface area contributed by atoms with Gasteiger partial charge < -0.3 is 10.6 Å². The van der Waals surface area contributed by atoms with Crippen molar-refractivity contribution < 1.29 is 4.79 Å². The summed E-state index contributed by atoms with van der Waals surface area (Å²) in [6, 6.07) is 0. The minimum atomic E-state index is -0.0336. The Labute approximate surface area is 125 Å². The molecule has 0 radical (unpaired) electrons. The van der Waals surface area contributed by atoms with Gasteiger partial charge in [0.15, 0.2) is 5.13 Å². The second-order valence-corrected chi connectivity index (χ2v) is 7.73. The molecule has 2 heterocycles. The smallest absolute Gasteiger partial charge is 0.229 e. The van der Waals surface area contributed by atoms with Gasteiger partial charge in [0, 0.05) is 17.0 Å². The van der Waals surface area contributed by atoms with Crippen molar-refractivity contribution in [3.8, 4) is 0 Å². The monoisotopic (exact) mass is 295 g/mol. The predicted octanol–water partition coefficient (Wildman–Crippen LogP) is 3.23. The molecule has 0 bridgehead atoms. The second-order valence-electron chi connectivity index (χ2n) is 6.67. The van der Waals surface area contributed by atoms with Crippen molar-refractivity contribution in [2.75, 3.05) is 18.4 Å². The van der Waals surface area contributed by atoms with Crippen LogP contribution in [0.3, 0.4) is 0 Å². The highest BCUT2D eigenvalue weighted by Gasteiger charge is 2.27. The molecular formula is C15H25N3OS. The number of rotatable bonds is 3. The molecule has 1 aliphatic rings. The van der Waals surface area contributed by atoms with Crippen LogP contribution in [0.1, 0.15) is 51.3 Å².